The zero-order chi connectivity index (χ0) is 40.9. The summed E-state index contributed by atoms with van der Waals surface area (Å²) in [4.78, 5) is 7.21. The maximum atomic E-state index is 4.89. The molecule has 1 aliphatic rings. The summed E-state index contributed by atoms with van der Waals surface area (Å²) in [7, 11) is 0. The van der Waals surface area contributed by atoms with Crippen LogP contribution < -0.4 is 4.90 Å². The van der Waals surface area contributed by atoms with Gasteiger partial charge in [-0.2, -0.15) is 0 Å². The molecule has 0 fully saturated rings. The maximum absolute atomic E-state index is 4.89. The second-order valence-electron chi connectivity index (χ2n) is 16.3. The molecule has 1 aliphatic carbocycles. The van der Waals surface area contributed by atoms with E-state index in [1.165, 1.54) is 71.9 Å². The van der Waals surface area contributed by atoms with Crippen molar-refractivity contribution < 1.29 is 0 Å². The molecule has 0 unspecified atom stereocenters. The van der Waals surface area contributed by atoms with E-state index in [0.29, 0.717) is 0 Å². The lowest BCUT2D eigenvalue weighted by atomic mass is 9.79. The first kappa shape index (κ1) is 36.3. The molecule has 0 aliphatic heterocycles. The van der Waals surface area contributed by atoms with E-state index in [0.717, 1.165) is 28.4 Å². The summed E-state index contributed by atoms with van der Waals surface area (Å²) in [5.74, 6) is 0.929. The fourth-order valence-electron chi connectivity index (χ4n) is 9.72. The molecule has 0 spiro atoms. The lowest BCUT2D eigenvalue weighted by Crippen LogP contribution is -2.17. The van der Waals surface area contributed by atoms with Gasteiger partial charge in [0.05, 0.1) is 11.0 Å². The molecule has 3 nitrogen and oxygen atoms in total. The quantitative estimate of drug-likeness (QED) is 0.143. The van der Waals surface area contributed by atoms with E-state index in [9.17, 15) is 0 Å². The fraction of sp³-hybridized carbons (Fsp3) is 0.0517. The number of fused-ring (bicyclic) bond motifs is 7. The Balaban J connectivity index is 1.12. The Kier molecular flexibility index (Phi) is 8.82. The van der Waals surface area contributed by atoms with Gasteiger partial charge >= 0.3 is 0 Å². The zero-order valence-electron chi connectivity index (χ0n) is 34.2. The third kappa shape index (κ3) is 6.08. The Labute approximate surface area is 357 Å². The topological polar surface area (TPSA) is 21.1 Å². The van der Waals surface area contributed by atoms with Crippen LogP contribution in [0.3, 0.4) is 0 Å². The van der Waals surface area contributed by atoms with Crippen LogP contribution in [0.15, 0.2) is 225 Å². The standard InChI is InChI=1S/C58H43N3/c1-58(2)51-39-43(32-35-47(51)49-36-37-50-48-27-15-16-28-52(48)61(57(50)56(49)58)53-29-17-18-38-59-53)55(41-21-9-4-10-22-41)54(40-19-7-3-8-20-40)42-30-33-46(34-31-42)60(44-23-11-5-12-24-44)45-25-13-6-14-26-45/h3-39H,1-2H3/b55-54+. The first-order valence-corrected chi connectivity index (χ1v) is 21.1. The molecule has 61 heavy (non-hydrogen) atoms. The maximum Gasteiger partial charge on any atom is 0.137 e. The molecule has 8 aromatic carbocycles. The summed E-state index contributed by atoms with van der Waals surface area (Å²) in [6.45, 7) is 4.80. The second-order valence-corrected chi connectivity index (χ2v) is 16.3. The van der Waals surface area contributed by atoms with Crippen molar-refractivity contribution in [1.82, 2.24) is 9.55 Å². The van der Waals surface area contributed by atoms with Crippen LogP contribution in [0.2, 0.25) is 0 Å². The van der Waals surface area contributed by atoms with E-state index in [1.807, 2.05) is 12.3 Å². The van der Waals surface area contributed by atoms with Gasteiger partial charge in [0.25, 0.3) is 0 Å². The van der Waals surface area contributed by atoms with Crippen LogP contribution in [0.1, 0.15) is 47.2 Å². The molecule has 2 aromatic heterocycles. The summed E-state index contributed by atoms with van der Waals surface area (Å²) in [5, 5.41) is 2.49. The molecule has 3 heteroatoms. The van der Waals surface area contributed by atoms with Gasteiger partial charge in [-0.15, -0.1) is 0 Å². The number of hydrogen-bond acceptors (Lipinski definition) is 2. The Hall–Kier alpha value is -7.75. The minimum absolute atomic E-state index is 0.310. The Morgan fingerprint density at radius 2 is 0.951 bits per heavy atom. The van der Waals surface area contributed by atoms with Gasteiger partial charge in [-0.05, 0) is 116 Å². The minimum atomic E-state index is -0.310. The summed E-state index contributed by atoms with van der Waals surface area (Å²) < 4.78 is 2.38. The molecule has 10 aromatic rings. The van der Waals surface area contributed by atoms with Gasteiger partial charge < -0.3 is 4.90 Å². The Morgan fingerprint density at radius 1 is 0.443 bits per heavy atom. The molecule has 290 valence electrons. The van der Waals surface area contributed by atoms with E-state index >= 15 is 0 Å². The first-order valence-electron chi connectivity index (χ1n) is 21.1. The molecule has 0 atom stereocenters. The van der Waals surface area contributed by atoms with Crippen LogP contribution in [-0.4, -0.2) is 9.55 Å². The van der Waals surface area contributed by atoms with Crippen LogP contribution in [-0.2, 0) is 5.41 Å². The largest absolute Gasteiger partial charge is 0.311 e. The van der Waals surface area contributed by atoms with E-state index in [2.05, 4.69) is 236 Å². The molecule has 0 bridgehead atoms. The lowest BCUT2D eigenvalue weighted by Gasteiger charge is -2.26. The third-order valence-electron chi connectivity index (χ3n) is 12.4. The normalized spacial score (nSPS) is 13.1. The number of pyridine rings is 1. The van der Waals surface area contributed by atoms with Gasteiger partial charge in [0.2, 0.25) is 0 Å². The van der Waals surface area contributed by atoms with Gasteiger partial charge in [-0.25, -0.2) is 4.98 Å². The van der Waals surface area contributed by atoms with E-state index in [4.69, 9.17) is 4.98 Å². The smallest absolute Gasteiger partial charge is 0.137 e. The molecule has 0 saturated heterocycles. The SMILES string of the molecule is CC1(C)c2cc(/C(=C(\c3ccccc3)c3ccc(N(c4ccccc4)c4ccccc4)cc3)c3ccccc3)ccc2-c2ccc3c4ccccc4n(-c4ccccn4)c3c21. The summed E-state index contributed by atoms with van der Waals surface area (Å²) in [5.41, 5.74) is 17.7. The van der Waals surface area contributed by atoms with Crippen LogP contribution in [0.4, 0.5) is 17.1 Å². The highest BCUT2D eigenvalue weighted by atomic mass is 15.1. The van der Waals surface area contributed by atoms with Crippen molar-refractivity contribution in [3.8, 4) is 16.9 Å². The van der Waals surface area contributed by atoms with Crippen molar-refractivity contribution in [3.63, 3.8) is 0 Å². The van der Waals surface area contributed by atoms with E-state index in [-0.39, 0.29) is 5.41 Å². The van der Waals surface area contributed by atoms with E-state index < -0.39 is 0 Å². The van der Waals surface area contributed by atoms with Crippen molar-refractivity contribution in [2.75, 3.05) is 4.90 Å². The predicted octanol–water partition coefficient (Wildman–Crippen LogP) is 15.0. The number of hydrogen-bond donors (Lipinski definition) is 0. The van der Waals surface area contributed by atoms with Gasteiger partial charge in [0, 0.05) is 39.4 Å². The Bertz CT molecular complexity index is 3180. The van der Waals surface area contributed by atoms with Crippen LogP contribution in [0.25, 0.3) is 49.9 Å². The number of aromatic nitrogens is 2. The third-order valence-corrected chi connectivity index (χ3v) is 12.4. The average Bonchev–Trinajstić information content (AvgIpc) is 3.78. The summed E-state index contributed by atoms with van der Waals surface area (Å²) in [6.07, 6.45) is 1.89. The van der Waals surface area contributed by atoms with Gasteiger partial charge in [0.15, 0.2) is 0 Å². The monoisotopic (exact) mass is 781 g/mol. The number of nitrogens with zero attached hydrogens (tertiary/aromatic N) is 3. The van der Waals surface area contributed by atoms with Crippen molar-refractivity contribution in [2.45, 2.75) is 19.3 Å². The molecular weight excluding hydrogens is 739 g/mol. The minimum Gasteiger partial charge on any atom is -0.311 e. The fourth-order valence-corrected chi connectivity index (χ4v) is 9.72. The molecule has 11 rings (SSSR count). The predicted molar refractivity (Wildman–Crippen MR) is 255 cm³/mol. The average molecular weight is 782 g/mol. The van der Waals surface area contributed by atoms with Crippen LogP contribution in [0, 0.1) is 0 Å². The molecular formula is C58H43N3. The summed E-state index contributed by atoms with van der Waals surface area (Å²) in [6, 6.07) is 78.9. The van der Waals surface area contributed by atoms with Gasteiger partial charge in [0.1, 0.15) is 5.82 Å². The highest BCUT2D eigenvalue weighted by Gasteiger charge is 2.39. The first-order chi connectivity index (χ1) is 30.1. The van der Waals surface area contributed by atoms with Crippen molar-refractivity contribution in [3.05, 3.63) is 258 Å². The van der Waals surface area contributed by atoms with Gasteiger partial charge in [-0.3, -0.25) is 4.57 Å². The molecule has 2 heterocycles. The van der Waals surface area contributed by atoms with Crippen molar-refractivity contribution in [2.24, 2.45) is 0 Å². The number of rotatable bonds is 8. The lowest BCUT2D eigenvalue weighted by molar-refractivity contribution is 0.663. The summed E-state index contributed by atoms with van der Waals surface area (Å²) >= 11 is 0. The molecule has 0 saturated carbocycles. The van der Waals surface area contributed by atoms with Crippen molar-refractivity contribution in [1.29, 1.82) is 0 Å². The van der Waals surface area contributed by atoms with Crippen molar-refractivity contribution >= 4 is 50.0 Å². The molecule has 0 amide bonds. The number of anilines is 3. The second kappa shape index (κ2) is 14.8. The number of para-hydroxylation sites is 3. The zero-order valence-corrected chi connectivity index (χ0v) is 34.2. The molecule has 0 N–H and O–H groups in total. The highest BCUT2D eigenvalue weighted by molar-refractivity contribution is 6.13. The Morgan fingerprint density at radius 3 is 1.57 bits per heavy atom. The van der Waals surface area contributed by atoms with Crippen LogP contribution in [0.5, 0.6) is 0 Å². The number of benzene rings is 8. The molecule has 0 radical (unpaired) electrons. The van der Waals surface area contributed by atoms with Gasteiger partial charge in [-0.1, -0.05) is 172 Å². The van der Waals surface area contributed by atoms with E-state index in [1.54, 1.807) is 0 Å². The van der Waals surface area contributed by atoms with Crippen LogP contribution >= 0.6 is 0 Å². The highest BCUT2D eigenvalue weighted by Crippen LogP contribution is 2.54.